The molecule has 0 aliphatic rings. The average Bonchev–Trinajstić information content (AvgIpc) is 2.77. The van der Waals surface area contributed by atoms with E-state index in [9.17, 15) is 4.79 Å². The molecule has 0 atom stereocenters. The molecule has 1 aromatic carbocycles. The number of benzene rings is 1. The minimum atomic E-state index is -0.125. The molecule has 0 radical (unpaired) electrons. The number of rotatable bonds is 3. The molecular formula is C11H13N5O. The Morgan fingerprint density at radius 3 is 2.82 bits per heavy atom. The van der Waals surface area contributed by atoms with Gasteiger partial charge in [0.1, 0.15) is 0 Å². The van der Waals surface area contributed by atoms with Crippen LogP contribution in [0.5, 0.6) is 0 Å². The Morgan fingerprint density at radius 1 is 1.41 bits per heavy atom. The molecule has 0 saturated heterocycles. The van der Waals surface area contributed by atoms with Gasteiger partial charge in [0.15, 0.2) is 0 Å². The summed E-state index contributed by atoms with van der Waals surface area (Å²) in [5.74, 6) is 0.386. The summed E-state index contributed by atoms with van der Waals surface area (Å²) in [5.41, 5.74) is 1.46. The zero-order valence-electron chi connectivity index (χ0n) is 9.71. The molecule has 1 amide bonds. The summed E-state index contributed by atoms with van der Waals surface area (Å²) in [4.78, 5) is 12.6. The molecule has 0 spiro atoms. The number of aromatic nitrogens is 4. The number of carbonyl (C=O) groups is 1. The van der Waals surface area contributed by atoms with E-state index in [1.54, 1.807) is 0 Å². The third-order valence-electron chi connectivity index (χ3n) is 2.21. The average molecular weight is 231 g/mol. The molecule has 1 N–H and O–H groups in total. The zero-order valence-corrected chi connectivity index (χ0v) is 9.71. The van der Waals surface area contributed by atoms with Gasteiger partial charge >= 0.3 is 0 Å². The minimum Gasteiger partial charge on any atom is -0.326 e. The molecule has 2 aromatic rings. The molecule has 88 valence electrons. The number of anilines is 1. The van der Waals surface area contributed by atoms with Crippen LogP contribution < -0.4 is 5.32 Å². The van der Waals surface area contributed by atoms with Gasteiger partial charge in [-0.2, -0.15) is 4.80 Å². The highest BCUT2D eigenvalue weighted by Gasteiger charge is 2.10. The first-order valence-electron chi connectivity index (χ1n) is 5.35. The quantitative estimate of drug-likeness (QED) is 0.864. The Balaban J connectivity index is 2.40. The number of tetrazole rings is 1. The van der Waals surface area contributed by atoms with E-state index in [2.05, 4.69) is 20.7 Å². The third kappa shape index (κ3) is 2.47. The summed E-state index contributed by atoms with van der Waals surface area (Å²) in [6.45, 7) is 4.06. The highest BCUT2D eigenvalue weighted by Crippen LogP contribution is 2.23. The van der Waals surface area contributed by atoms with Crippen LogP contribution in [0.4, 0.5) is 5.69 Å². The van der Waals surface area contributed by atoms with Gasteiger partial charge in [0.05, 0.1) is 12.2 Å². The standard InChI is InChI=1S/C11H13N5O/c1-3-16-14-11(13-15-16)9-6-4-5-7-10(9)12-8(2)17/h4-7H,3H2,1-2H3,(H,12,17). The highest BCUT2D eigenvalue weighted by molar-refractivity contribution is 5.93. The Kier molecular flexibility index (Phi) is 3.13. The molecule has 0 saturated carbocycles. The Bertz CT molecular complexity index is 534. The molecule has 0 unspecified atom stereocenters. The van der Waals surface area contributed by atoms with Crippen molar-refractivity contribution in [3.63, 3.8) is 0 Å². The van der Waals surface area contributed by atoms with Crippen molar-refractivity contribution in [3.05, 3.63) is 24.3 Å². The van der Waals surface area contributed by atoms with Crippen molar-refractivity contribution >= 4 is 11.6 Å². The van der Waals surface area contributed by atoms with E-state index in [1.807, 2.05) is 31.2 Å². The summed E-state index contributed by atoms with van der Waals surface area (Å²) in [6.07, 6.45) is 0. The molecule has 2 rings (SSSR count). The fourth-order valence-electron chi connectivity index (χ4n) is 1.46. The second kappa shape index (κ2) is 4.73. The van der Waals surface area contributed by atoms with Crippen LogP contribution in [0.2, 0.25) is 0 Å². The molecule has 17 heavy (non-hydrogen) atoms. The number of amides is 1. The van der Waals surface area contributed by atoms with E-state index < -0.39 is 0 Å². The maximum atomic E-state index is 11.1. The fraction of sp³-hybridized carbons (Fsp3) is 0.273. The van der Waals surface area contributed by atoms with Gasteiger partial charge in [0, 0.05) is 12.5 Å². The lowest BCUT2D eigenvalue weighted by Crippen LogP contribution is -2.07. The summed E-state index contributed by atoms with van der Waals surface area (Å²) in [6, 6.07) is 7.37. The van der Waals surface area contributed by atoms with Crippen LogP contribution >= 0.6 is 0 Å². The monoisotopic (exact) mass is 231 g/mol. The van der Waals surface area contributed by atoms with Crippen LogP contribution in [0.25, 0.3) is 11.4 Å². The minimum absolute atomic E-state index is 0.125. The van der Waals surface area contributed by atoms with Gasteiger partial charge in [0.2, 0.25) is 11.7 Å². The smallest absolute Gasteiger partial charge is 0.221 e. The van der Waals surface area contributed by atoms with Gasteiger partial charge in [-0.1, -0.05) is 12.1 Å². The van der Waals surface area contributed by atoms with Crippen LogP contribution in [-0.2, 0) is 11.3 Å². The van der Waals surface area contributed by atoms with Crippen LogP contribution in [-0.4, -0.2) is 26.1 Å². The molecule has 0 aliphatic heterocycles. The topological polar surface area (TPSA) is 72.7 Å². The SMILES string of the molecule is CCn1nnc(-c2ccccc2NC(C)=O)n1. The van der Waals surface area contributed by atoms with Gasteiger partial charge < -0.3 is 5.32 Å². The molecule has 1 heterocycles. The Labute approximate surface area is 98.6 Å². The van der Waals surface area contributed by atoms with E-state index in [0.29, 0.717) is 18.1 Å². The van der Waals surface area contributed by atoms with Crippen LogP contribution in [0.3, 0.4) is 0 Å². The van der Waals surface area contributed by atoms with E-state index in [1.165, 1.54) is 11.7 Å². The van der Waals surface area contributed by atoms with Crippen LogP contribution in [0, 0.1) is 0 Å². The second-order valence-electron chi connectivity index (χ2n) is 3.53. The van der Waals surface area contributed by atoms with Crippen molar-refractivity contribution in [2.75, 3.05) is 5.32 Å². The molecule has 0 bridgehead atoms. The van der Waals surface area contributed by atoms with Gasteiger partial charge in [-0.05, 0) is 24.3 Å². The summed E-state index contributed by atoms with van der Waals surface area (Å²) in [7, 11) is 0. The number of carbonyl (C=O) groups excluding carboxylic acids is 1. The first kappa shape index (κ1) is 11.3. The zero-order chi connectivity index (χ0) is 12.3. The molecule has 6 heteroatoms. The van der Waals surface area contributed by atoms with Crippen molar-refractivity contribution in [2.45, 2.75) is 20.4 Å². The molecule has 6 nitrogen and oxygen atoms in total. The Morgan fingerprint density at radius 2 is 2.18 bits per heavy atom. The summed E-state index contributed by atoms with van der Waals surface area (Å²) < 4.78 is 0. The molecule has 0 aliphatic carbocycles. The largest absolute Gasteiger partial charge is 0.326 e. The molecular weight excluding hydrogens is 218 g/mol. The van der Waals surface area contributed by atoms with E-state index in [4.69, 9.17) is 0 Å². The van der Waals surface area contributed by atoms with Crippen molar-refractivity contribution in [1.82, 2.24) is 20.2 Å². The number of hydrogen-bond donors (Lipinski definition) is 1. The summed E-state index contributed by atoms with van der Waals surface area (Å²) in [5, 5.41) is 14.8. The maximum absolute atomic E-state index is 11.1. The van der Waals surface area contributed by atoms with Crippen molar-refractivity contribution in [1.29, 1.82) is 0 Å². The number of nitrogens with zero attached hydrogens (tertiary/aromatic N) is 4. The van der Waals surface area contributed by atoms with Crippen molar-refractivity contribution in [2.24, 2.45) is 0 Å². The van der Waals surface area contributed by atoms with E-state index in [0.717, 1.165) is 5.56 Å². The van der Waals surface area contributed by atoms with E-state index >= 15 is 0 Å². The number of para-hydroxylation sites is 1. The maximum Gasteiger partial charge on any atom is 0.221 e. The predicted octanol–water partition coefficient (Wildman–Crippen LogP) is 1.32. The lowest BCUT2D eigenvalue weighted by molar-refractivity contribution is -0.114. The van der Waals surface area contributed by atoms with Crippen molar-refractivity contribution in [3.8, 4) is 11.4 Å². The first-order valence-corrected chi connectivity index (χ1v) is 5.35. The van der Waals surface area contributed by atoms with Gasteiger partial charge in [-0.3, -0.25) is 4.79 Å². The van der Waals surface area contributed by atoms with Crippen LogP contribution in [0.1, 0.15) is 13.8 Å². The summed E-state index contributed by atoms with van der Waals surface area (Å²) >= 11 is 0. The van der Waals surface area contributed by atoms with Gasteiger partial charge in [-0.25, -0.2) is 0 Å². The number of hydrogen-bond acceptors (Lipinski definition) is 4. The predicted molar refractivity (Wildman–Crippen MR) is 63.2 cm³/mol. The van der Waals surface area contributed by atoms with Gasteiger partial charge in [-0.15, -0.1) is 10.2 Å². The first-order chi connectivity index (χ1) is 8.20. The lowest BCUT2D eigenvalue weighted by Gasteiger charge is -2.05. The molecule has 0 fully saturated rings. The molecule has 1 aromatic heterocycles. The number of nitrogens with one attached hydrogen (secondary N) is 1. The lowest BCUT2D eigenvalue weighted by atomic mass is 10.1. The van der Waals surface area contributed by atoms with E-state index in [-0.39, 0.29) is 5.91 Å². The van der Waals surface area contributed by atoms with Crippen LogP contribution in [0.15, 0.2) is 24.3 Å². The second-order valence-corrected chi connectivity index (χ2v) is 3.53. The van der Waals surface area contributed by atoms with Gasteiger partial charge in [0.25, 0.3) is 0 Å². The Hall–Kier alpha value is -2.24. The normalized spacial score (nSPS) is 10.2. The fourth-order valence-corrected chi connectivity index (χ4v) is 1.46. The third-order valence-corrected chi connectivity index (χ3v) is 2.21. The number of aryl methyl sites for hydroxylation is 1. The van der Waals surface area contributed by atoms with Crippen molar-refractivity contribution < 1.29 is 4.79 Å². The highest BCUT2D eigenvalue weighted by atomic mass is 16.1.